The second-order valence-corrected chi connectivity index (χ2v) is 5.55. The first-order valence-electron chi connectivity index (χ1n) is 7.88. The molecule has 0 heterocycles. The SMILES string of the molecule is C=CCOc1ccc(CN[C@H](C)CCc2ccccc2)cc1. The summed E-state index contributed by atoms with van der Waals surface area (Å²) in [4.78, 5) is 0. The van der Waals surface area contributed by atoms with E-state index in [4.69, 9.17) is 4.74 Å². The molecule has 22 heavy (non-hydrogen) atoms. The number of nitrogens with one attached hydrogen (secondary N) is 1. The van der Waals surface area contributed by atoms with E-state index in [9.17, 15) is 0 Å². The summed E-state index contributed by atoms with van der Waals surface area (Å²) in [6.45, 7) is 7.32. The molecule has 0 saturated heterocycles. The van der Waals surface area contributed by atoms with Crippen LogP contribution in [-0.2, 0) is 13.0 Å². The lowest BCUT2D eigenvalue weighted by Gasteiger charge is -2.14. The van der Waals surface area contributed by atoms with Gasteiger partial charge in [-0.3, -0.25) is 0 Å². The summed E-state index contributed by atoms with van der Waals surface area (Å²) in [6.07, 6.45) is 4.01. The van der Waals surface area contributed by atoms with E-state index >= 15 is 0 Å². The summed E-state index contributed by atoms with van der Waals surface area (Å²) in [5.41, 5.74) is 2.68. The predicted octanol–water partition coefficient (Wildman–Crippen LogP) is 4.36. The van der Waals surface area contributed by atoms with Crippen molar-refractivity contribution >= 4 is 0 Å². The van der Waals surface area contributed by atoms with Crippen LogP contribution < -0.4 is 10.1 Å². The number of rotatable bonds is 9. The molecule has 0 aliphatic heterocycles. The first-order valence-corrected chi connectivity index (χ1v) is 7.88. The number of benzene rings is 2. The van der Waals surface area contributed by atoms with E-state index in [1.54, 1.807) is 6.08 Å². The lowest BCUT2D eigenvalue weighted by molar-refractivity contribution is 0.363. The van der Waals surface area contributed by atoms with Crippen molar-refractivity contribution in [2.75, 3.05) is 6.61 Å². The Labute approximate surface area is 133 Å². The maximum atomic E-state index is 5.48. The molecule has 0 aliphatic carbocycles. The van der Waals surface area contributed by atoms with Gasteiger partial charge in [0.15, 0.2) is 0 Å². The van der Waals surface area contributed by atoms with E-state index in [2.05, 4.69) is 61.3 Å². The molecule has 0 fully saturated rings. The number of ether oxygens (including phenoxy) is 1. The molecule has 1 atom stereocenters. The van der Waals surface area contributed by atoms with Crippen LogP contribution in [0.4, 0.5) is 0 Å². The Kier molecular flexibility index (Phi) is 6.72. The zero-order valence-electron chi connectivity index (χ0n) is 13.3. The van der Waals surface area contributed by atoms with E-state index in [-0.39, 0.29) is 0 Å². The zero-order valence-corrected chi connectivity index (χ0v) is 13.3. The van der Waals surface area contributed by atoms with Crippen LogP contribution in [0.15, 0.2) is 67.3 Å². The third-order valence-electron chi connectivity index (χ3n) is 3.65. The molecular weight excluding hydrogens is 270 g/mol. The standard InChI is InChI=1S/C20H25NO/c1-3-15-22-20-13-11-19(12-14-20)16-21-17(2)9-10-18-7-5-4-6-8-18/h3-8,11-14,17,21H,1,9-10,15-16H2,2H3/t17-/m1/s1. The van der Waals surface area contributed by atoms with Crippen molar-refractivity contribution in [1.82, 2.24) is 5.32 Å². The average Bonchev–Trinajstić information content (AvgIpc) is 2.58. The Morgan fingerprint density at radius 1 is 1.05 bits per heavy atom. The fourth-order valence-corrected chi connectivity index (χ4v) is 2.28. The quantitative estimate of drug-likeness (QED) is 0.694. The van der Waals surface area contributed by atoms with Gasteiger partial charge in [0.05, 0.1) is 0 Å². The molecule has 116 valence electrons. The van der Waals surface area contributed by atoms with Gasteiger partial charge in [-0.05, 0) is 43.0 Å². The summed E-state index contributed by atoms with van der Waals surface area (Å²) in [5, 5.41) is 3.57. The summed E-state index contributed by atoms with van der Waals surface area (Å²) in [7, 11) is 0. The van der Waals surface area contributed by atoms with Crippen molar-refractivity contribution in [3.05, 3.63) is 78.4 Å². The third kappa shape index (κ3) is 5.74. The lowest BCUT2D eigenvalue weighted by atomic mass is 10.1. The highest BCUT2D eigenvalue weighted by molar-refractivity contribution is 5.27. The van der Waals surface area contributed by atoms with Crippen LogP contribution in [-0.4, -0.2) is 12.6 Å². The molecule has 0 bridgehead atoms. The van der Waals surface area contributed by atoms with Gasteiger partial charge in [-0.25, -0.2) is 0 Å². The van der Waals surface area contributed by atoms with Crippen LogP contribution in [0.3, 0.4) is 0 Å². The van der Waals surface area contributed by atoms with Gasteiger partial charge in [0.2, 0.25) is 0 Å². The predicted molar refractivity (Wildman–Crippen MR) is 93.2 cm³/mol. The monoisotopic (exact) mass is 295 g/mol. The molecule has 2 aromatic carbocycles. The summed E-state index contributed by atoms with van der Waals surface area (Å²) < 4.78 is 5.48. The lowest BCUT2D eigenvalue weighted by Crippen LogP contribution is -2.25. The minimum Gasteiger partial charge on any atom is -0.490 e. The highest BCUT2D eigenvalue weighted by Crippen LogP contribution is 2.12. The van der Waals surface area contributed by atoms with Crippen molar-refractivity contribution in [3.8, 4) is 5.75 Å². The highest BCUT2D eigenvalue weighted by atomic mass is 16.5. The Bertz CT molecular complexity index is 548. The third-order valence-corrected chi connectivity index (χ3v) is 3.65. The Balaban J connectivity index is 1.71. The van der Waals surface area contributed by atoms with Crippen molar-refractivity contribution in [1.29, 1.82) is 0 Å². The average molecular weight is 295 g/mol. The van der Waals surface area contributed by atoms with E-state index < -0.39 is 0 Å². The van der Waals surface area contributed by atoms with Crippen LogP contribution in [0.5, 0.6) is 5.75 Å². The molecule has 0 amide bonds. The zero-order chi connectivity index (χ0) is 15.6. The second kappa shape index (κ2) is 9.06. The van der Waals surface area contributed by atoms with Crippen molar-refractivity contribution in [2.24, 2.45) is 0 Å². The second-order valence-electron chi connectivity index (χ2n) is 5.55. The summed E-state index contributed by atoms with van der Waals surface area (Å²) in [5.74, 6) is 0.890. The maximum absolute atomic E-state index is 5.48. The molecule has 2 rings (SSSR count). The van der Waals surface area contributed by atoms with Crippen molar-refractivity contribution in [2.45, 2.75) is 32.4 Å². The minimum atomic E-state index is 0.497. The number of hydrogen-bond donors (Lipinski definition) is 1. The number of hydrogen-bond acceptors (Lipinski definition) is 2. The van der Waals surface area contributed by atoms with Gasteiger partial charge in [0, 0.05) is 12.6 Å². The molecule has 0 saturated carbocycles. The van der Waals surface area contributed by atoms with Crippen LogP contribution in [0.1, 0.15) is 24.5 Å². The van der Waals surface area contributed by atoms with Crippen molar-refractivity contribution < 1.29 is 4.74 Å². The van der Waals surface area contributed by atoms with Gasteiger partial charge in [-0.1, -0.05) is 55.1 Å². The minimum absolute atomic E-state index is 0.497. The Hall–Kier alpha value is -2.06. The molecule has 2 nitrogen and oxygen atoms in total. The van der Waals surface area contributed by atoms with E-state index in [0.717, 1.165) is 25.1 Å². The van der Waals surface area contributed by atoms with E-state index in [1.807, 2.05) is 12.1 Å². The van der Waals surface area contributed by atoms with Gasteiger partial charge in [-0.15, -0.1) is 0 Å². The Morgan fingerprint density at radius 2 is 1.77 bits per heavy atom. The molecule has 0 radical (unpaired) electrons. The van der Waals surface area contributed by atoms with E-state index in [0.29, 0.717) is 12.6 Å². The number of aryl methyl sites for hydroxylation is 1. The van der Waals surface area contributed by atoms with Crippen LogP contribution in [0.2, 0.25) is 0 Å². The molecule has 0 spiro atoms. The first kappa shape index (κ1) is 16.3. The topological polar surface area (TPSA) is 21.3 Å². The molecule has 0 aliphatic rings. The first-order chi connectivity index (χ1) is 10.8. The van der Waals surface area contributed by atoms with Gasteiger partial charge < -0.3 is 10.1 Å². The van der Waals surface area contributed by atoms with Crippen LogP contribution in [0.25, 0.3) is 0 Å². The fourth-order valence-electron chi connectivity index (χ4n) is 2.28. The molecule has 2 aromatic rings. The maximum Gasteiger partial charge on any atom is 0.119 e. The highest BCUT2D eigenvalue weighted by Gasteiger charge is 2.03. The van der Waals surface area contributed by atoms with Gasteiger partial charge in [0.25, 0.3) is 0 Å². The normalized spacial score (nSPS) is 11.9. The Morgan fingerprint density at radius 3 is 2.45 bits per heavy atom. The molecule has 2 heteroatoms. The van der Waals surface area contributed by atoms with Crippen molar-refractivity contribution in [3.63, 3.8) is 0 Å². The van der Waals surface area contributed by atoms with Gasteiger partial charge in [0.1, 0.15) is 12.4 Å². The van der Waals surface area contributed by atoms with Crippen LogP contribution in [0, 0.1) is 0 Å². The van der Waals surface area contributed by atoms with E-state index in [1.165, 1.54) is 11.1 Å². The van der Waals surface area contributed by atoms with Gasteiger partial charge >= 0.3 is 0 Å². The summed E-state index contributed by atoms with van der Waals surface area (Å²) in [6, 6.07) is 19.4. The molecule has 0 unspecified atom stereocenters. The largest absolute Gasteiger partial charge is 0.490 e. The van der Waals surface area contributed by atoms with Gasteiger partial charge in [-0.2, -0.15) is 0 Å². The fraction of sp³-hybridized carbons (Fsp3) is 0.300. The summed E-state index contributed by atoms with van der Waals surface area (Å²) >= 11 is 0. The molecule has 0 aromatic heterocycles. The smallest absolute Gasteiger partial charge is 0.119 e. The molecule has 1 N–H and O–H groups in total. The van der Waals surface area contributed by atoms with Crippen LogP contribution >= 0.6 is 0 Å². The molecular formula is C20H25NO.